The molecule has 0 atom stereocenters. The van der Waals surface area contributed by atoms with Gasteiger partial charge in [0.1, 0.15) is 11.2 Å². The third-order valence-electron chi connectivity index (χ3n) is 2.69. The number of hydrogen-bond donors (Lipinski definition) is 1. The SMILES string of the molecule is SCC#Cc1ccc2oc3ccccc3c2c1. The Labute approximate surface area is 105 Å². The lowest BCUT2D eigenvalue weighted by molar-refractivity contribution is 0.669. The summed E-state index contributed by atoms with van der Waals surface area (Å²) in [6, 6.07) is 14.1. The minimum atomic E-state index is 0.574. The van der Waals surface area contributed by atoms with Crippen LogP contribution >= 0.6 is 12.6 Å². The highest BCUT2D eigenvalue weighted by atomic mass is 32.1. The van der Waals surface area contributed by atoms with Gasteiger partial charge in [-0.25, -0.2) is 0 Å². The first kappa shape index (κ1) is 10.3. The van der Waals surface area contributed by atoms with E-state index in [1.165, 1.54) is 0 Å². The number of para-hydroxylation sites is 1. The van der Waals surface area contributed by atoms with Crippen LogP contribution < -0.4 is 0 Å². The molecular formula is C15H10OS. The zero-order valence-electron chi connectivity index (χ0n) is 9.10. The summed E-state index contributed by atoms with van der Waals surface area (Å²) in [4.78, 5) is 0. The Bertz CT molecular complexity index is 744. The van der Waals surface area contributed by atoms with Crippen LogP contribution in [0.2, 0.25) is 0 Å². The normalized spacial score (nSPS) is 10.4. The first-order valence-electron chi connectivity index (χ1n) is 5.39. The minimum Gasteiger partial charge on any atom is -0.456 e. The van der Waals surface area contributed by atoms with Gasteiger partial charge < -0.3 is 4.42 Å². The number of hydrogen-bond acceptors (Lipinski definition) is 2. The summed E-state index contributed by atoms with van der Waals surface area (Å²) in [5.74, 6) is 6.60. The fraction of sp³-hybridized carbons (Fsp3) is 0.0667. The molecule has 1 aromatic heterocycles. The van der Waals surface area contributed by atoms with Crippen molar-refractivity contribution in [1.29, 1.82) is 0 Å². The predicted octanol–water partition coefficient (Wildman–Crippen LogP) is 3.87. The van der Waals surface area contributed by atoms with Gasteiger partial charge in [0.25, 0.3) is 0 Å². The molecule has 1 heterocycles. The molecule has 0 saturated carbocycles. The molecule has 0 radical (unpaired) electrons. The van der Waals surface area contributed by atoms with E-state index in [1.54, 1.807) is 0 Å². The molecule has 0 aliphatic rings. The number of thiol groups is 1. The van der Waals surface area contributed by atoms with Crippen LogP contribution in [0.25, 0.3) is 21.9 Å². The molecule has 3 rings (SSSR count). The molecule has 0 saturated heterocycles. The van der Waals surface area contributed by atoms with Crippen LogP contribution in [-0.2, 0) is 0 Å². The summed E-state index contributed by atoms with van der Waals surface area (Å²) in [7, 11) is 0. The molecule has 17 heavy (non-hydrogen) atoms. The maximum absolute atomic E-state index is 5.75. The average Bonchev–Trinajstić information content (AvgIpc) is 2.74. The average molecular weight is 238 g/mol. The second kappa shape index (κ2) is 4.20. The van der Waals surface area contributed by atoms with E-state index in [2.05, 4.69) is 36.6 Å². The number of rotatable bonds is 0. The van der Waals surface area contributed by atoms with Crippen molar-refractivity contribution in [2.45, 2.75) is 0 Å². The summed E-state index contributed by atoms with van der Waals surface area (Å²) in [5, 5.41) is 2.25. The maximum Gasteiger partial charge on any atom is 0.135 e. The van der Waals surface area contributed by atoms with Crippen LogP contribution in [0.3, 0.4) is 0 Å². The molecule has 0 fully saturated rings. The van der Waals surface area contributed by atoms with E-state index in [4.69, 9.17) is 4.42 Å². The van der Waals surface area contributed by atoms with E-state index in [1.807, 2.05) is 30.3 Å². The quantitative estimate of drug-likeness (QED) is 0.463. The lowest BCUT2D eigenvalue weighted by Gasteiger charge is -1.91. The highest BCUT2D eigenvalue weighted by Gasteiger charge is 2.05. The van der Waals surface area contributed by atoms with Gasteiger partial charge in [-0.15, -0.1) is 0 Å². The fourth-order valence-electron chi connectivity index (χ4n) is 1.95. The molecule has 2 heteroatoms. The Kier molecular flexibility index (Phi) is 2.55. The highest BCUT2D eigenvalue weighted by Crippen LogP contribution is 2.28. The molecule has 82 valence electrons. The standard InChI is InChI=1S/C15H10OS/c17-9-3-4-11-7-8-15-13(10-11)12-5-1-2-6-14(12)16-15/h1-2,5-8,10,17H,9H2. The highest BCUT2D eigenvalue weighted by molar-refractivity contribution is 7.80. The van der Waals surface area contributed by atoms with Gasteiger partial charge in [-0.2, -0.15) is 12.6 Å². The van der Waals surface area contributed by atoms with Gasteiger partial charge in [0.15, 0.2) is 0 Å². The Morgan fingerprint density at radius 2 is 1.82 bits per heavy atom. The van der Waals surface area contributed by atoms with Crippen LogP contribution in [0.4, 0.5) is 0 Å². The lowest BCUT2D eigenvalue weighted by atomic mass is 10.1. The number of fused-ring (bicyclic) bond motifs is 3. The van der Waals surface area contributed by atoms with E-state index in [-0.39, 0.29) is 0 Å². The summed E-state index contributed by atoms with van der Waals surface area (Å²) >= 11 is 4.08. The van der Waals surface area contributed by atoms with Crippen molar-refractivity contribution in [2.75, 3.05) is 5.75 Å². The Hall–Kier alpha value is -1.85. The maximum atomic E-state index is 5.75. The van der Waals surface area contributed by atoms with Gasteiger partial charge in [-0.05, 0) is 24.3 Å². The predicted molar refractivity (Wildman–Crippen MR) is 74.5 cm³/mol. The van der Waals surface area contributed by atoms with Crippen molar-refractivity contribution in [3.05, 3.63) is 48.0 Å². The Morgan fingerprint density at radius 1 is 1.00 bits per heavy atom. The van der Waals surface area contributed by atoms with Gasteiger partial charge >= 0.3 is 0 Å². The Morgan fingerprint density at radius 3 is 2.71 bits per heavy atom. The van der Waals surface area contributed by atoms with Crippen LogP contribution in [0.15, 0.2) is 46.9 Å². The summed E-state index contributed by atoms with van der Waals surface area (Å²) in [6.07, 6.45) is 0. The Balaban J connectivity index is 2.30. The van der Waals surface area contributed by atoms with Crippen molar-refractivity contribution in [2.24, 2.45) is 0 Å². The summed E-state index contributed by atoms with van der Waals surface area (Å²) in [6.45, 7) is 0. The van der Waals surface area contributed by atoms with E-state index in [0.29, 0.717) is 5.75 Å². The van der Waals surface area contributed by atoms with E-state index >= 15 is 0 Å². The van der Waals surface area contributed by atoms with Crippen molar-refractivity contribution < 1.29 is 4.42 Å². The third kappa shape index (κ3) is 1.79. The van der Waals surface area contributed by atoms with Gasteiger partial charge in [0, 0.05) is 16.3 Å². The minimum absolute atomic E-state index is 0.574. The molecule has 1 nitrogen and oxygen atoms in total. The molecule has 2 aromatic carbocycles. The van der Waals surface area contributed by atoms with Crippen LogP contribution in [0.5, 0.6) is 0 Å². The monoisotopic (exact) mass is 238 g/mol. The molecule has 0 aliphatic heterocycles. The summed E-state index contributed by atoms with van der Waals surface area (Å²) in [5.41, 5.74) is 2.82. The fourth-order valence-corrected chi connectivity index (χ4v) is 2.02. The molecule has 0 bridgehead atoms. The molecule has 0 amide bonds. The van der Waals surface area contributed by atoms with Crippen LogP contribution in [0, 0.1) is 11.8 Å². The number of furan rings is 1. The molecule has 0 aliphatic carbocycles. The molecular weight excluding hydrogens is 228 g/mol. The van der Waals surface area contributed by atoms with E-state index in [9.17, 15) is 0 Å². The van der Waals surface area contributed by atoms with Crippen molar-refractivity contribution in [3.8, 4) is 11.8 Å². The van der Waals surface area contributed by atoms with Gasteiger partial charge in [-0.1, -0.05) is 30.0 Å². The molecule has 0 unspecified atom stereocenters. The van der Waals surface area contributed by atoms with Crippen molar-refractivity contribution in [3.63, 3.8) is 0 Å². The van der Waals surface area contributed by atoms with Gasteiger partial charge in [0.05, 0.1) is 5.75 Å². The van der Waals surface area contributed by atoms with Crippen LogP contribution in [0.1, 0.15) is 5.56 Å². The third-order valence-corrected chi connectivity index (χ3v) is 2.85. The van der Waals surface area contributed by atoms with Crippen LogP contribution in [-0.4, -0.2) is 5.75 Å². The smallest absolute Gasteiger partial charge is 0.135 e. The summed E-state index contributed by atoms with van der Waals surface area (Å²) < 4.78 is 5.75. The van der Waals surface area contributed by atoms with Crippen molar-refractivity contribution >= 4 is 34.6 Å². The molecule has 0 N–H and O–H groups in total. The van der Waals surface area contributed by atoms with Gasteiger partial charge in [0.2, 0.25) is 0 Å². The largest absolute Gasteiger partial charge is 0.456 e. The molecule has 0 spiro atoms. The van der Waals surface area contributed by atoms with Gasteiger partial charge in [-0.3, -0.25) is 0 Å². The second-order valence-electron chi connectivity index (χ2n) is 3.77. The van der Waals surface area contributed by atoms with E-state index in [0.717, 1.165) is 27.5 Å². The zero-order chi connectivity index (χ0) is 11.7. The van der Waals surface area contributed by atoms with Crippen molar-refractivity contribution in [1.82, 2.24) is 0 Å². The zero-order valence-corrected chi connectivity index (χ0v) is 10.00. The second-order valence-corrected chi connectivity index (χ2v) is 4.09. The lowest BCUT2D eigenvalue weighted by Crippen LogP contribution is -1.74. The first-order valence-corrected chi connectivity index (χ1v) is 6.03. The molecule has 3 aromatic rings. The van der Waals surface area contributed by atoms with E-state index < -0.39 is 0 Å². The topological polar surface area (TPSA) is 13.1 Å². The first-order chi connectivity index (χ1) is 8.38. The number of benzene rings is 2.